The molecule has 0 heterocycles. The lowest BCUT2D eigenvalue weighted by molar-refractivity contribution is -0.122. The summed E-state index contributed by atoms with van der Waals surface area (Å²) in [6.45, 7) is 3.73. The highest BCUT2D eigenvalue weighted by molar-refractivity contribution is 7.92. The number of benzene rings is 3. The molecular formula is C24H26N2O5S. The van der Waals surface area contributed by atoms with E-state index in [0.29, 0.717) is 29.3 Å². The summed E-state index contributed by atoms with van der Waals surface area (Å²) < 4.78 is 38.8. The Morgan fingerprint density at radius 2 is 1.62 bits per heavy atom. The summed E-state index contributed by atoms with van der Waals surface area (Å²) in [5, 5.41) is 2.77. The van der Waals surface area contributed by atoms with Crippen molar-refractivity contribution in [3.8, 4) is 11.5 Å². The van der Waals surface area contributed by atoms with Gasteiger partial charge in [-0.3, -0.25) is 9.52 Å². The third-order valence-corrected chi connectivity index (χ3v) is 6.08. The zero-order valence-electron chi connectivity index (χ0n) is 18.2. The standard InChI is InChI=1S/C24H26N2O5S/c1-4-23(31-21-10-6-9-20(16-21)30-3)24(27)25-18-11-13-22(14-12-18)32(28,29)26-19-8-5-7-17(2)15-19/h5-16,23,26H,4H2,1-3H3,(H,25,27)/t23-/m1/s1. The molecule has 1 atom stereocenters. The van der Waals surface area contributed by atoms with Gasteiger partial charge in [-0.05, 0) is 67.4 Å². The van der Waals surface area contributed by atoms with Crippen LogP contribution in [-0.2, 0) is 14.8 Å². The summed E-state index contributed by atoms with van der Waals surface area (Å²) in [5.41, 5.74) is 1.91. The fourth-order valence-electron chi connectivity index (χ4n) is 3.02. The van der Waals surface area contributed by atoms with Crippen LogP contribution in [-0.4, -0.2) is 27.5 Å². The van der Waals surface area contributed by atoms with Gasteiger partial charge in [0, 0.05) is 17.4 Å². The second-order valence-corrected chi connectivity index (χ2v) is 8.86. The molecule has 0 radical (unpaired) electrons. The predicted octanol–water partition coefficient (Wildman–Crippen LogP) is 4.60. The molecule has 0 spiro atoms. The number of nitrogens with one attached hydrogen (secondary N) is 2. The van der Waals surface area contributed by atoms with Crippen LogP contribution in [0, 0.1) is 6.92 Å². The third kappa shape index (κ3) is 6.01. The van der Waals surface area contributed by atoms with Crippen molar-refractivity contribution in [1.82, 2.24) is 0 Å². The fourth-order valence-corrected chi connectivity index (χ4v) is 4.07. The quantitative estimate of drug-likeness (QED) is 0.493. The van der Waals surface area contributed by atoms with E-state index >= 15 is 0 Å². The topological polar surface area (TPSA) is 93.7 Å². The van der Waals surface area contributed by atoms with E-state index < -0.39 is 16.1 Å². The summed E-state index contributed by atoms with van der Waals surface area (Å²) in [6.07, 6.45) is -0.260. The van der Waals surface area contributed by atoms with Gasteiger partial charge in [0.1, 0.15) is 11.5 Å². The molecule has 0 unspecified atom stereocenters. The van der Waals surface area contributed by atoms with E-state index in [0.717, 1.165) is 5.56 Å². The van der Waals surface area contributed by atoms with Crippen LogP contribution in [0.25, 0.3) is 0 Å². The second kappa shape index (κ2) is 10.2. The minimum atomic E-state index is -3.74. The number of methoxy groups -OCH3 is 1. The molecule has 0 bridgehead atoms. The maximum Gasteiger partial charge on any atom is 0.265 e. The second-order valence-electron chi connectivity index (χ2n) is 7.18. The van der Waals surface area contributed by atoms with Gasteiger partial charge in [0.05, 0.1) is 12.0 Å². The van der Waals surface area contributed by atoms with Crippen molar-refractivity contribution >= 4 is 27.3 Å². The highest BCUT2D eigenvalue weighted by Gasteiger charge is 2.20. The number of amides is 1. The molecule has 0 saturated heterocycles. The molecule has 0 fully saturated rings. The molecule has 0 aliphatic heterocycles. The van der Waals surface area contributed by atoms with E-state index in [4.69, 9.17) is 9.47 Å². The van der Waals surface area contributed by atoms with Gasteiger partial charge in [-0.25, -0.2) is 8.42 Å². The van der Waals surface area contributed by atoms with Crippen LogP contribution in [0.4, 0.5) is 11.4 Å². The molecule has 168 valence electrons. The molecule has 3 rings (SSSR count). The molecular weight excluding hydrogens is 428 g/mol. The summed E-state index contributed by atoms with van der Waals surface area (Å²) in [5.74, 6) is 0.827. The number of sulfonamides is 1. The first-order valence-corrected chi connectivity index (χ1v) is 11.6. The van der Waals surface area contributed by atoms with Crippen molar-refractivity contribution in [2.45, 2.75) is 31.3 Å². The zero-order chi connectivity index (χ0) is 23.1. The van der Waals surface area contributed by atoms with Crippen LogP contribution < -0.4 is 19.5 Å². The number of carbonyl (C=O) groups is 1. The van der Waals surface area contributed by atoms with Crippen molar-refractivity contribution in [3.05, 3.63) is 78.4 Å². The molecule has 32 heavy (non-hydrogen) atoms. The Morgan fingerprint density at radius 1 is 0.938 bits per heavy atom. The largest absolute Gasteiger partial charge is 0.497 e. The summed E-state index contributed by atoms with van der Waals surface area (Å²) in [4.78, 5) is 12.8. The average Bonchev–Trinajstić information content (AvgIpc) is 2.77. The molecule has 2 N–H and O–H groups in total. The van der Waals surface area contributed by atoms with Crippen molar-refractivity contribution in [3.63, 3.8) is 0 Å². The van der Waals surface area contributed by atoms with E-state index in [1.165, 1.54) is 12.1 Å². The number of hydrogen-bond donors (Lipinski definition) is 2. The molecule has 3 aromatic rings. The van der Waals surface area contributed by atoms with Crippen molar-refractivity contribution in [1.29, 1.82) is 0 Å². The molecule has 7 nitrogen and oxygen atoms in total. The van der Waals surface area contributed by atoms with Gasteiger partial charge in [0.2, 0.25) is 0 Å². The molecule has 3 aromatic carbocycles. The van der Waals surface area contributed by atoms with Gasteiger partial charge in [0.15, 0.2) is 6.10 Å². The Morgan fingerprint density at radius 3 is 2.28 bits per heavy atom. The summed E-state index contributed by atoms with van der Waals surface area (Å²) in [7, 11) is -2.18. The van der Waals surface area contributed by atoms with Crippen molar-refractivity contribution in [2.75, 3.05) is 17.1 Å². The van der Waals surface area contributed by atoms with Gasteiger partial charge < -0.3 is 14.8 Å². The highest BCUT2D eigenvalue weighted by atomic mass is 32.2. The Balaban J connectivity index is 1.66. The first-order valence-electron chi connectivity index (χ1n) is 10.1. The summed E-state index contributed by atoms with van der Waals surface area (Å²) >= 11 is 0. The van der Waals surface area contributed by atoms with E-state index in [1.54, 1.807) is 61.7 Å². The van der Waals surface area contributed by atoms with Crippen LogP contribution in [0.1, 0.15) is 18.9 Å². The maximum absolute atomic E-state index is 12.7. The third-order valence-electron chi connectivity index (χ3n) is 4.69. The molecule has 0 aliphatic carbocycles. The van der Waals surface area contributed by atoms with E-state index in [9.17, 15) is 13.2 Å². The average molecular weight is 455 g/mol. The van der Waals surface area contributed by atoms with Crippen LogP contribution in [0.5, 0.6) is 11.5 Å². The van der Waals surface area contributed by atoms with Gasteiger partial charge in [0.25, 0.3) is 15.9 Å². The number of aryl methyl sites for hydroxylation is 1. The van der Waals surface area contributed by atoms with Crippen molar-refractivity contribution < 1.29 is 22.7 Å². The first-order chi connectivity index (χ1) is 15.3. The van der Waals surface area contributed by atoms with Gasteiger partial charge in [-0.15, -0.1) is 0 Å². The number of ether oxygens (including phenoxy) is 2. The SMILES string of the molecule is CC[C@@H](Oc1cccc(OC)c1)C(=O)Nc1ccc(S(=O)(=O)Nc2cccc(C)c2)cc1. The lowest BCUT2D eigenvalue weighted by Gasteiger charge is -2.18. The first kappa shape index (κ1) is 23.1. The van der Waals surface area contributed by atoms with Gasteiger partial charge in [-0.1, -0.05) is 25.1 Å². The fraction of sp³-hybridized carbons (Fsp3) is 0.208. The van der Waals surface area contributed by atoms with E-state index in [2.05, 4.69) is 10.0 Å². The molecule has 0 aliphatic rings. The Hall–Kier alpha value is -3.52. The minimum absolute atomic E-state index is 0.0941. The predicted molar refractivity (Wildman–Crippen MR) is 125 cm³/mol. The molecule has 8 heteroatoms. The number of hydrogen-bond acceptors (Lipinski definition) is 5. The molecule has 0 saturated carbocycles. The number of rotatable bonds is 9. The lowest BCUT2D eigenvalue weighted by atomic mass is 10.2. The van der Waals surface area contributed by atoms with E-state index in [1.807, 2.05) is 19.9 Å². The zero-order valence-corrected chi connectivity index (χ0v) is 19.0. The van der Waals surface area contributed by atoms with Crippen LogP contribution in [0.15, 0.2) is 77.7 Å². The maximum atomic E-state index is 12.7. The van der Waals surface area contributed by atoms with Gasteiger partial charge in [-0.2, -0.15) is 0 Å². The minimum Gasteiger partial charge on any atom is -0.497 e. The van der Waals surface area contributed by atoms with Crippen LogP contribution >= 0.6 is 0 Å². The highest BCUT2D eigenvalue weighted by Crippen LogP contribution is 2.22. The van der Waals surface area contributed by atoms with Gasteiger partial charge >= 0.3 is 0 Å². The lowest BCUT2D eigenvalue weighted by Crippen LogP contribution is -2.32. The Bertz CT molecular complexity index is 1180. The Labute approximate surface area is 188 Å². The molecule has 0 aromatic heterocycles. The monoisotopic (exact) mass is 454 g/mol. The smallest absolute Gasteiger partial charge is 0.265 e. The van der Waals surface area contributed by atoms with Crippen LogP contribution in [0.3, 0.4) is 0 Å². The number of carbonyl (C=O) groups excluding carboxylic acids is 1. The van der Waals surface area contributed by atoms with Crippen LogP contribution in [0.2, 0.25) is 0 Å². The normalized spacial score (nSPS) is 12.0. The van der Waals surface area contributed by atoms with E-state index in [-0.39, 0.29) is 10.8 Å². The van der Waals surface area contributed by atoms with Crippen molar-refractivity contribution in [2.24, 2.45) is 0 Å². The molecule has 1 amide bonds. The summed E-state index contributed by atoms with van der Waals surface area (Å²) in [6, 6.07) is 20.1. The number of anilines is 2. The Kier molecular flexibility index (Phi) is 7.37.